The summed E-state index contributed by atoms with van der Waals surface area (Å²) in [7, 11) is 1.63. The van der Waals surface area contributed by atoms with E-state index in [4.69, 9.17) is 9.47 Å². The molecule has 4 rings (SSSR count). The maximum atomic E-state index is 12.8. The molecule has 0 N–H and O–H groups in total. The Hall–Kier alpha value is -3.10. The molecule has 0 saturated carbocycles. The highest BCUT2D eigenvalue weighted by Crippen LogP contribution is 2.23. The van der Waals surface area contributed by atoms with E-state index in [1.807, 2.05) is 54.0 Å². The molecular weight excluding hydrogens is 388 g/mol. The van der Waals surface area contributed by atoms with Crippen molar-refractivity contribution >= 4 is 38.5 Å². The number of methoxy groups -OCH3 is 1. The minimum atomic E-state index is -0.424. The third-order valence-electron chi connectivity index (χ3n) is 4.42. The molecular formula is C21H20N4O3S. The minimum absolute atomic E-state index is 0.218. The molecule has 2 heterocycles. The lowest BCUT2D eigenvalue weighted by Crippen LogP contribution is -2.20. The van der Waals surface area contributed by atoms with Gasteiger partial charge >= 0.3 is 0 Å². The first-order valence-electron chi connectivity index (χ1n) is 9.25. The highest BCUT2D eigenvalue weighted by molar-refractivity contribution is 7.16. The van der Waals surface area contributed by atoms with Crippen LogP contribution in [-0.4, -0.2) is 40.8 Å². The van der Waals surface area contributed by atoms with Gasteiger partial charge in [-0.05, 0) is 37.3 Å². The Morgan fingerprint density at radius 2 is 2.03 bits per heavy atom. The van der Waals surface area contributed by atoms with Crippen molar-refractivity contribution in [3.63, 3.8) is 0 Å². The fraction of sp³-hybridized carbons (Fsp3) is 0.238. The van der Waals surface area contributed by atoms with Crippen LogP contribution in [0.3, 0.4) is 0 Å². The lowest BCUT2D eigenvalue weighted by Gasteiger charge is -2.06. The normalized spacial score (nSPS) is 12.0. The van der Waals surface area contributed by atoms with E-state index in [0.29, 0.717) is 30.1 Å². The number of nitrogens with zero attached hydrogens (tertiary/aromatic N) is 4. The first-order chi connectivity index (χ1) is 14.2. The number of carbonyl (C=O) groups excluding carboxylic acids is 1. The summed E-state index contributed by atoms with van der Waals surface area (Å²) in [6.07, 6.45) is 1.47. The number of carbonyl (C=O) groups is 1. The molecule has 0 aliphatic heterocycles. The summed E-state index contributed by atoms with van der Waals surface area (Å²) < 4.78 is 13.8. The number of rotatable bonds is 6. The van der Waals surface area contributed by atoms with Crippen LogP contribution in [0.2, 0.25) is 0 Å². The van der Waals surface area contributed by atoms with E-state index >= 15 is 0 Å². The number of benzene rings is 2. The summed E-state index contributed by atoms with van der Waals surface area (Å²) in [6, 6.07) is 13.2. The van der Waals surface area contributed by atoms with Crippen LogP contribution < -0.4 is 9.54 Å². The van der Waals surface area contributed by atoms with Crippen LogP contribution in [-0.2, 0) is 11.3 Å². The second kappa shape index (κ2) is 8.50. The van der Waals surface area contributed by atoms with E-state index in [0.717, 1.165) is 21.5 Å². The lowest BCUT2D eigenvalue weighted by atomic mass is 10.3. The lowest BCUT2D eigenvalue weighted by molar-refractivity contribution is 0.0992. The van der Waals surface area contributed by atoms with Crippen molar-refractivity contribution in [2.45, 2.75) is 13.5 Å². The highest BCUT2D eigenvalue weighted by Gasteiger charge is 2.12. The van der Waals surface area contributed by atoms with Crippen molar-refractivity contribution in [1.82, 2.24) is 14.5 Å². The molecule has 0 atom stereocenters. The molecule has 0 aliphatic carbocycles. The summed E-state index contributed by atoms with van der Waals surface area (Å²) >= 11 is 1.43. The van der Waals surface area contributed by atoms with Crippen LogP contribution in [0.1, 0.15) is 17.4 Å². The molecule has 148 valence electrons. The molecule has 0 spiro atoms. The minimum Gasteiger partial charge on any atom is -0.497 e. The molecule has 0 bridgehead atoms. The van der Waals surface area contributed by atoms with Crippen molar-refractivity contribution in [3.8, 4) is 5.75 Å². The number of amides is 1. The van der Waals surface area contributed by atoms with Gasteiger partial charge in [-0.15, -0.1) is 0 Å². The Morgan fingerprint density at radius 3 is 2.83 bits per heavy atom. The van der Waals surface area contributed by atoms with Gasteiger partial charge in [0.2, 0.25) is 0 Å². The fourth-order valence-electron chi connectivity index (χ4n) is 2.99. The van der Waals surface area contributed by atoms with E-state index in [-0.39, 0.29) is 5.69 Å². The van der Waals surface area contributed by atoms with Gasteiger partial charge in [0.1, 0.15) is 11.4 Å². The molecule has 0 unspecified atom stereocenters. The standard InChI is InChI=1S/C21H20N4O3S/c1-3-28-11-10-25-18-9-8-14(27-2)12-19(18)29-21(25)24-20(26)17-13-22-15-6-4-5-7-16(15)23-17/h4-9,12-13H,3,10-11H2,1-2H3. The summed E-state index contributed by atoms with van der Waals surface area (Å²) in [5.41, 5.74) is 2.60. The van der Waals surface area contributed by atoms with Gasteiger partial charge in [-0.25, -0.2) is 4.98 Å². The van der Waals surface area contributed by atoms with Gasteiger partial charge in [-0.3, -0.25) is 9.78 Å². The molecule has 4 aromatic rings. The molecule has 2 aromatic carbocycles. The van der Waals surface area contributed by atoms with Gasteiger partial charge in [0.15, 0.2) is 4.80 Å². The third kappa shape index (κ3) is 4.03. The molecule has 29 heavy (non-hydrogen) atoms. The van der Waals surface area contributed by atoms with Crippen molar-refractivity contribution in [2.75, 3.05) is 20.3 Å². The Labute approximate surface area is 171 Å². The van der Waals surface area contributed by atoms with E-state index in [1.54, 1.807) is 7.11 Å². The first kappa shape index (κ1) is 19.2. The number of ether oxygens (including phenoxy) is 2. The topological polar surface area (TPSA) is 78.6 Å². The van der Waals surface area contributed by atoms with Crippen LogP contribution in [0.5, 0.6) is 5.75 Å². The van der Waals surface area contributed by atoms with Crippen LogP contribution >= 0.6 is 11.3 Å². The molecule has 0 radical (unpaired) electrons. The zero-order chi connectivity index (χ0) is 20.2. The first-order valence-corrected chi connectivity index (χ1v) is 10.1. The Balaban J connectivity index is 1.77. The number of para-hydroxylation sites is 2. The van der Waals surface area contributed by atoms with E-state index in [2.05, 4.69) is 15.0 Å². The summed E-state index contributed by atoms with van der Waals surface area (Å²) in [5, 5.41) is 0. The molecule has 0 fully saturated rings. The third-order valence-corrected chi connectivity index (χ3v) is 5.46. The largest absolute Gasteiger partial charge is 0.497 e. The summed E-state index contributed by atoms with van der Waals surface area (Å²) in [4.78, 5) is 26.5. The quantitative estimate of drug-likeness (QED) is 0.457. The smallest absolute Gasteiger partial charge is 0.299 e. The van der Waals surface area contributed by atoms with Crippen LogP contribution in [0.4, 0.5) is 0 Å². The number of hydrogen-bond donors (Lipinski definition) is 0. The highest BCUT2D eigenvalue weighted by atomic mass is 32.1. The second-order valence-corrected chi connectivity index (χ2v) is 7.24. The molecule has 2 aromatic heterocycles. The Kier molecular flexibility index (Phi) is 5.64. The number of fused-ring (bicyclic) bond motifs is 2. The van der Waals surface area contributed by atoms with Crippen molar-refractivity contribution < 1.29 is 14.3 Å². The average molecular weight is 408 g/mol. The molecule has 7 nitrogen and oxygen atoms in total. The number of aromatic nitrogens is 3. The van der Waals surface area contributed by atoms with Gasteiger partial charge in [0.25, 0.3) is 5.91 Å². The van der Waals surface area contributed by atoms with Crippen LogP contribution in [0, 0.1) is 0 Å². The van der Waals surface area contributed by atoms with Crippen molar-refractivity contribution in [2.24, 2.45) is 4.99 Å². The molecule has 1 amide bonds. The summed E-state index contributed by atoms with van der Waals surface area (Å²) in [6.45, 7) is 3.71. The van der Waals surface area contributed by atoms with Gasteiger partial charge in [0.05, 0.1) is 41.2 Å². The maximum absolute atomic E-state index is 12.8. The van der Waals surface area contributed by atoms with Gasteiger partial charge in [0, 0.05) is 13.2 Å². The van der Waals surface area contributed by atoms with Crippen molar-refractivity contribution in [1.29, 1.82) is 0 Å². The van der Waals surface area contributed by atoms with Gasteiger partial charge in [-0.1, -0.05) is 23.5 Å². The zero-order valence-corrected chi connectivity index (χ0v) is 17.0. The van der Waals surface area contributed by atoms with Crippen LogP contribution in [0.25, 0.3) is 21.3 Å². The van der Waals surface area contributed by atoms with E-state index in [9.17, 15) is 4.79 Å². The Morgan fingerprint density at radius 1 is 1.21 bits per heavy atom. The summed E-state index contributed by atoms with van der Waals surface area (Å²) in [5.74, 6) is 0.334. The van der Waals surface area contributed by atoms with Crippen molar-refractivity contribution in [3.05, 3.63) is 59.2 Å². The van der Waals surface area contributed by atoms with Gasteiger partial charge in [-0.2, -0.15) is 4.99 Å². The van der Waals surface area contributed by atoms with Crippen LogP contribution in [0.15, 0.2) is 53.7 Å². The fourth-order valence-corrected chi connectivity index (χ4v) is 4.07. The average Bonchev–Trinajstić information content (AvgIpc) is 3.09. The SMILES string of the molecule is CCOCCn1c(=NC(=O)c2cnc3ccccc3n2)sc2cc(OC)ccc21. The molecule has 8 heteroatoms. The Bertz CT molecular complexity index is 1250. The monoisotopic (exact) mass is 408 g/mol. The van der Waals surface area contributed by atoms with Gasteiger partial charge < -0.3 is 14.0 Å². The number of hydrogen-bond acceptors (Lipinski definition) is 6. The molecule has 0 aliphatic rings. The second-order valence-electron chi connectivity index (χ2n) is 6.23. The number of thiazole rings is 1. The maximum Gasteiger partial charge on any atom is 0.299 e. The molecule has 0 saturated heterocycles. The zero-order valence-electron chi connectivity index (χ0n) is 16.2. The van der Waals surface area contributed by atoms with E-state index in [1.165, 1.54) is 17.5 Å². The van der Waals surface area contributed by atoms with E-state index < -0.39 is 5.91 Å². The predicted molar refractivity (Wildman–Crippen MR) is 112 cm³/mol. The predicted octanol–water partition coefficient (Wildman–Crippen LogP) is 3.43.